The number of benzene rings is 2. The molecule has 2 aromatic carbocycles. The zero-order valence-electron chi connectivity index (χ0n) is 19.0. The normalized spacial score (nSPS) is 11.8. The Morgan fingerprint density at radius 3 is 2.44 bits per heavy atom. The van der Waals surface area contributed by atoms with Crippen LogP contribution in [-0.4, -0.2) is 35.1 Å². The molecule has 0 aliphatic heterocycles. The van der Waals surface area contributed by atoms with Crippen molar-refractivity contribution in [3.8, 4) is 0 Å². The van der Waals surface area contributed by atoms with E-state index in [1.54, 1.807) is 28.8 Å². The monoisotopic (exact) mass is 494 g/mol. The summed E-state index contributed by atoms with van der Waals surface area (Å²) < 4.78 is 0. The van der Waals surface area contributed by atoms with Crippen molar-refractivity contribution in [3.05, 3.63) is 69.2 Å². The van der Waals surface area contributed by atoms with Crippen LogP contribution in [0.5, 0.6) is 0 Å². The maximum absolute atomic E-state index is 13.3. The van der Waals surface area contributed by atoms with Gasteiger partial charge < -0.3 is 10.2 Å². The lowest BCUT2D eigenvalue weighted by Crippen LogP contribution is -2.49. The molecule has 7 heteroatoms. The lowest BCUT2D eigenvalue weighted by Gasteiger charge is -2.31. The van der Waals surface area contributed by atoms with Gasteiger partial charge in [-0.3, -0.25) is 9.59 Å². The number of unbranched alkanes of at least 4 members (excludes halogenated alkanes) is 1. The highest BCUT2D eigenvalue weighted by Crippen LogP contribution is 2.24. The fourth-order valence-electron chi connectivity index (χ4n) is 3.28. The Bertz CT molecular complexity index is 890. The van der Waals surface area contributed by atoms with Crippen LogP contribution in [0.3, 0.4) is 0 Å². The number of rotatable bonds is 12. The van der Waals surface area contributed by atoms with Crippen LogP contribution in [0.2, 0.25) is 10.0 Å². The Hall–Kier alpha value is -1.69. The van der Waals surface area contributed by atoms with E-state index in [1.165, 1.54) is 11.1 Å². The van der Waals surface area contributed by atoms with Gasteiger partial charge in [0.05, 0.1) is 5.75 Å². The van der Waals surface area contributed by atoms with Crippen molar-refractivity contribution in [2.24, 2.45) is 0 Å². The highest BCUT2D eigenvalue weighted by atomic mass is 35.5. The van der Waals surface area contributed by atoms with E-state index in [2.05, 4.69) is 43.4 Å². The molecule has 2 rings (SSSR count). The predicted octanol–water partition coefficient (Wildman–Crippen LogP) is 6.26. The number of hydrogen-bond acceptors (Lipinski definition) is 3. The van der Waals surface area contributed by atoms with Gasteiger partial charge in [-0.05, 0) is 43.0 Å². The van der Waals surface area contributed by atoms with Gasteiger partial charge in [-0.15, -0.1) is 11.8 Å². The summed E-state index contributed by atoms with van der Waals surface area (Å²) in [7, 11) is 0. The van der Waals surface area contributed by atoms with E-state index in [4.69, 9.17) is 23.2 Å². The van der Waals surface area contributed by atoms with Gasteiger partial charge in [-0.2, -0.15) is 0 Å². The van der Waals surface area contributed by atoms with Gasteiger partial charge in [0.25, 0.3) is 0 Å². The average Bonchev–Trinajstić information content (AvgIpc) is 2.76. The summed E-state index contributed by atoms with van der Waals surface area (Å²) in [5.74, 6) is 0.826. The Balaban J connectivity index is 2.14. The van der Waals surface area contributed by atoms with Crippen LogP contribution in [0.4, 0.5) is 0 Å². The third-order valence-electron chi connectivity index (χ3n) is 5.19. The molecule has 0 aliphatic rings. The zero-order chi connectivity index (χ0) is 23.5. The van der Waals surface area contributed by atoms with E-state index < -0.39 is 6.04 Å². The van der Waals surface area contributed by atoms with Crippen molar-refractivity contribution >= 4 is 46.8 Å². The van der Waals surface area contributed by atoms with Crippen molar-refractivity contribution in [2.45, 2.75) is 58.4 Å². The first-order chi connectivity index (χ1) is 15.3. The van der Waals surface area contributed by atoms with Crippen molar-refractivity contribution in [3.63, 3.8) is 0 Å². The number of aryl methyl sites for hydroxylation is 1. The fraction of sp³-hybridized carbons (Fsp3) is 0.440. The largest absolute Gasteiger partial charge is 0.354 e. The first kappa shape index (κ1) is 26.6. The first-order valence-electron chi connectivity index (χ1n) is 11.0. The molecule has 0 saturated heterocycles. The minimum Gasteiger partial charge on any atom is -0.354 e. The van der Waals surface area contributed by atoms with E-state index in [0.29, 0.717) is 23.0 Å². The zero-order valence-corrected chi connectivity index (χ0v) is 21.3. The van der Waals surface area contributed by atoms with Gasteiger partial charge in [-0.25, -0.2) is 0 Å². The molecule has 0 radical (unpaired) electrons. The number of thioether (sulfide) groups is 1. The number of nitrogens with zero attached hydrogens (tertiary/aromatic N) is 1. The number of nitrogens with one attached hydrogen (secondary N) is 1. The molecule has 2 amide bonds. The number of halogens is 2. The summed E-state index contributed by atoms with van der Waals surface area (Å²) in [6, 6.07) is 13.0. The summed E-state index contributed by atoms with van der Waals surface area (Å²) in [6.45, 7) is 6.92. The van der Waals surface area contributed by atoms with Crippen LogP contribution in [0, 0.1) is 6.92 Å². The van der Waals surface area contributed by atoms with Gasteiger partial charge in [0.15, 0.2) is 0 Å². The molecule has 4 nitrogen and oxygen atoms in total. The minimum absolute atomic E-state index is 0.0781. The molecule has 0 fully saturated rings. The standard InChI is InChI=1S/C25H32Cl2N2O2S/c1-4-6-13-28-25(31)23(5-2)29(15-20-11-12-21(26)14-22(20)27)24(30)17-32-16-19-9-7-18(3)8-10-19/h7-12,14,23H,4-6,13,15-17H2,1-3H3,(H,28,31)/t23-/m0/s1. The average molecular weight is 496 g/mol. The second-order valence-electron chi connectivity index (χ2n) is 7.80. The summed E-state index contributed by atoms with van der Waals surface area (Å²) in [5, 5.41) is 4.00. The Labute approximate surface area is 206 Å². The molecule has 32 heavy (non-hydrogen) atoms. The minimum atomic E-state index is -0.550. The maximum Gasteiger partial charge on any atom is 0.242 e. The Morgan fingerprint density at radius 2 is 1.81 bits per heavy atom. The molecule has 1 N–H and O–H groups in total. The number of hydrogen-bond donors (Lipinski definition) is 1. The summed E-state index contributed by atoms with van der Waals surface area (Å²) in [5.41, 5.74) is 3.15. The van der Waals surface area contributed by atoms with Crippen LogP contribution in [0.25, 0.3) is 0 Å². The van der Waals surface area contributed by atoms with Crippen LogP contribution in [0.15, 0.2) is 42.5 Å². The first-order valence-corrected chi connectivity index (χ1v) is 12.9. The van der Waals surface area contributed by atoms with E-state index in [-0.39, 0.29) is 24.1 Å². The molecule has 0 heterocycles. The van der Waals surface area contributed by atoms with Crippen LogP contribution in [0.1, 0.15) is 49.8 Å². The van der Waals surface area contributed by atoms with Gasteiger partial charge in [0.2, 0.25) is 11.8 Å². The van der Waals surface area contributed by atoms with Gasteiger partial charge in [0, 0.05) is 28.9 Å². The molecule has 0 saturated carbocycles. The molecule has 1 atom stereocenters. The van der Waals surface area contributed by atoms with Gasteiger partial charge in [0.1, 0.15) is 6.04 Å². The molecule has 174 valence electrons. The quantitative estimate of drug-likeness (QED) is 0.354. The number of carbonyl (C=O) groups excluding carboxylic acids is 2. The SMILES string of the molecule is CCCCNC(=O)[C@H](CC)N(Cc1ccc(Cl)cc1Cl)C(=O)CSCc1ccc(C)cc1. The highest BCUT2D eigenvalue weighted by molar-refractivity contribution is 7.99. The molecule has 0 aliphatic carbocycles. The second-order valence-corrected chi connectivity index (χ2v) is 9.63. The van der Waals surface area contributed by atoms with Crippen molar-refractivity contribution in [2.75, 3.05) is 12.3 Å². The number of carbonyl (C=O) groups is 2. The van der Waals surface area contributed by atoms with Crippen LogP contribution >= 0.6 is 35.0 Å². The van der Waals surface area contributed by atoms with Crippen molar-refractivity contribution in [1.29, 1.82) is 0 Å². The van der Waals surface area contributed by atoms with Crippen molar-refractivity contribution in [1.82, 2.24) is 10.2 Å². The van der Waals surface area contributed by atoms with E-state index in [1.807, 2.05) is 13.0 Å². The summed E-state index contributed by atoms with van der Waals surface area (Å²) in [4.78, 5) is 27.8. The van der Waals surface area contributed by atoms with Gasteiger partial charge in [-0.1, -0.05) is 79.4 Å². The molecule has 2 aromatic rings. The van der Waals surface area contributed by atoms with E-state index in [0.717, 1.165) is 24.2 Å². The molecule has 0 aromatic heterocycles. The lowest BCUT2D eigenvalue weighted by molar-refractivity contribution is -0.139. The van der Waals surface area contributed by atoms with Crippen molar-refractivity contribution < 1.29 is 9.59 Å². The molecule has 0 spiro atoms. The summed E-state index contributed by atoms with van der Waals surface area (Å²) in [6.07, 6.45) is 2.43. The Kier molecular flexibility index (Phi) is 11.4. The topological polar surface area (TPSA) is 49.4 Å². The second kappa shape index (κ2) is 13.8. The van der Waals surface area contributed by atoms with Crippen LogP contribution in [-0.2, 0) is 21.9 Å². The number of amides is 2. The molecular weight excluding hydrogens is 463 g/mol. The molecule has 0 unspecified atom stereocenters. The summed E-state index contributed by atoms with van der Waals surface area (Å²) >= 11 is 14.0. The fourth-order valence-corrected chi connectivity index (χ4v) is 4.62. The lowest BCUT2D eigenvalue weighted by atomic mass is 10.1. The highest BCUT2D eigenvalue weighted by Gasteiger charge is 2.28. The van der Waals surface area contributed by atoms with Crippen LogP contribution < -0.4 is 5.32 Å². The third kappa shape index (κ3) is 8.34. The third-order valence-corrected chi connectivity index (χ3v) is 6.76. The Morgan fingerprint density at radius 1 is 1.09 bits per heavy atom. The van der Waals surface area contributed by atoms with Gasteiger partial charge >= 0.3 is 0 Å². The molecule has 0 bridgehead atoms. The van der Waals surface area contributed by atoms with E-state index >= 15 is 0 Å². The smallest absolute Gasteiger partial charge is 0.242 e. The maximum atomic E-state index is 13.3. The predicted molar refractivity (Wildman–Crippen MR) is 136 cm³/mol. The molecular formula is C25H32Cl2N2O2S. The van der Waals surface area contributed by atoms with E-state index in [9.17, 15) is 9.59 Å².